The zero-order valence-corrected chi connectivity index (χ0v) is 7.06. The van der Waals surface area contributed by atoms with Crippen molar-refractivity contribution in [3.63, 3.8) is 0 Å². The monoisotopic (exact) mass is 207 g/mol. The van der Waals surface area contributed by atoms with Gasteiger partial charge in [-0.15, -0.1) is 0 Å². The Kier molecular flexibility index (Phi) is 10.9. The van der Waals surface area contributed by atoms with E-state index in [1.807, 2.05) is 0 Å². The van der Waals surface area contributed by atoms with E-state index in [4.69, 9.17) is 31.9 Å². The quantitative estimate of drug-likeness (QED) is 0.527. The van der Waals surface area contributed by atoms with Crippen molar-refractivity contribution in [3.05, 3.63) is 12.2 Å². The number of rotatable bonds is 2. The van der Waals surface area contributed by atoms with Gasteiger partial charge in [0.05, 0.1) is 6.07 Å². The largest absolute Gasteiger partial charge is 0.503 e. The molecular formula is C6H6ClNO5. The minimum Gasteiger partial charge on any atom is -0.450 e. The molecule has 0 fully saturated rings. The van der Waals surface area contributed by atoms with Crippen LogP contribution in [0, 0.1) is 11.3 Å². The van der Waals surface area contributed by atoms with Crippen molar-refractivity contribution in [2.45, 2.75) is 0 Å². The molecule has 6 nitrogen and oxygen atoms in total. The molecule has 0 amide bonds. The van der Waals surface area contributed by atoms with Crippen molar-refractivity contribution in [3.8, 4) is 6.07 Å². The maximum Gasteiger partial charge on any atom is 0.503 e. The molecule has 0 spiro atoms. The Morgan fingerprint density at radius 2 is 2.00 bits per heavy atom. The van der Waals surface area contributed by atoms with Gasteiger partial charge in [0.25, 0.3) is 0 Å². The normalized spacial score (nSPS) is 8.00. The van der Waals surface area contributed by atoms with Crippen LogP contribution in [0.3, 0.4) is 0 Å². The highest BCUT2D eigenvalue weighted by Crippen LogP contribution is 1.85. The average molecular weight is 208 g/mol. The van der Waals surface area contributed by atoms with Crippen LogP contribution in [-0.4, -0.2) is 28.4 Å². The number of hydrogen-bond acceptors (Lipinski definition) is 4. The van der Waals surface area contributed by atoms with E-state index in [2.05, 4.69) is 4.74 Å². The Balaban J connectivity index is 0. The molecule has 0 aromatic heterocycles. The minimum absolute atomic E-state index is 0.0515. The second-order valence-corrected chi connectivity index (χ2v) is 1.67. The SMILES string of the molecule is N#C/C=C/COC(=O)Cl.O=C(O)O. The Labute approximate surface area is 78.6 Å². The van der Waals surface area contributed by atoms with Gasteiger partial charge in [-0.25, -0.2) is 9.59 Å². The maximum absolute atomic E-state index is 9.83. The molecule has 0 saturated carbocycles. The third-order valence-corrected chi connectivity index (χ3v) is 0.595. The van der Waals surface area contributed by atoms with Gasteiger partial charge in [-0.3, -0.25) is 0 Å². The summed E-state index contributed by atoms with van der Waals surface area (Å²) >= 11 is 4.78. The van der Waals surface area contributed by atoms with Crippen LogP contribution in [0.2, 0.25) is 0 Å². The Morgan fingerprint density at radius 1 is 1.54 bits per heavy atom. The zero-order chi connectivity index (χ0) is 10.7. The Morgan fingerprint density at radius 3 is 2.31 bits per heavy atom. The summed E-state index contributed by atoms with van der Waals surface area (Å²) < 4.78 is 4.23. The summed E-state index contributed by atoms with van der Waals surface area (Å²) in [6.07, 6.45) is 0.764. The van der Waals surface area contributed by atoms with Gasteiger partial charge in [0, 0.05) is 17.7 Å². The summed E-state index contributed by atoms with van der Waals surface area (Å²) in [5.41, 5.74) is -0.863. The molecule has 0 aliphatic heterocycles. The molecule has 0 bridgehead atoms. The van der Waals surface area contributed by atoms with Gasteiger partial charge in [0.15, 0.2) is 0 Å². The smallest absolute Gasteiger partial charge is 0.450 e. The topological polar surface area (TPSA) is 108 Å². The second kappa shape index (κ2) is 10.3. The number of carbonyl (C=O) groups excluding carboxylic acids is 1. The Bertz CT molecular complexity index is 228. The van der Waals surface area contributed by atoms with E-state index >= 15 is 0 Å². The molecule has 0 aliphatic carbocycles. The maximum atomic E-state index is 9.83. The number of allylic oxidation sites excluding steroid dienone is 1. The van der Waals surface area contributed by atoms with E-state index < -0.39 is 11.6 Å². The van der Waals surface area contributed by atoms with Crippen molar-refractivity contribution in [1.29, 1.82) is 5.26 Å². The first-order valence-corrected chi connectivity index (χ1v) is 3.17. The van der Waals surface area contributed by atoms with Crippen molar-refractivity contribution in [2.75, 3.05) is 6.61 Å². The highest BCUT2D eigenvalue weighted by Gasteiger charge is 1.88. The van der Waals surface area contributed by atoms with E-state index in [0.29, 0.717) is 0 Å². The van der Waals surface area contributed by atoms with Crippen molar-refractivity contribution in [2.24, 2.45) is 0 Å². The van der Waals surface area contributed by atoms with E-state index in [-0.39, 0.29) is 6.61 Å². The van der Waals surface area contributed by atoms with Crippen LogP contribution in [0.25, 0.3) is 0 Å². The summed E-state index contributed by atoms with van der Waals surface area (Å²) in [6, 6.07) is 1.73. The van der Waals surface area contributed by atoms with Gasteiger partial charge >= 0.3 is 11.6 Å². The van der Waals surface area contributed by atoms with Crippen LogP contribution >= 0.6 is 11.6 Å². The van der Waals surface area contributed by atoms with Crippen LogP contribution in [0.5, 0.6) is 0 Å². The molecule has 0 unspecified atom stereocenters. The van der Waals surface area contributed by atoms with Gasteiger partial charge < -0.3 is 14.9 Å². The minimum atomic E-state index is -1.83. The fourth-order valence-corrected chi connectivity index (χ4v) is 0.277. The number of carboxylic acid groups (broad SMARTS) is 2. The summed E-state index contributed by atoms with van der Waals surface area (Å²) in [5.74, 6) is 0. The number of nitriles is 1. The number of nitrogens with zero attached hydrogens (tertiary/aromatic N) is 1. The Hall–Kier alpha value is -1.74. The molecule has 0 aromatic rings. The predicted octanol–water partition coefficient (Wildman–Crippen LogP) is 1.66. The van der Waals surface area contributed by atoms with Crippen LogP contribution in [-0.2, 0) is 4.74 Å². The first-order valence-electron chi connectivity index (χ1n) is 2.79. The number of carbonyl (C=O) groups is 2. The highest BCUT2D eigenvalue weighted by atomic mass is 35.5. The molecule has 72 valence electrons. The highest BCUT2D eigenvalue weighted by molar-refractivity contribution is 6.61. The molecular weight excluding hydrogens is 202 g/mol. The molecule has 0 rings (SSSR count). The van der Waals surface area contributed by atoms with E-state index in [9.17, 15) is 4.79 Å². The molecule has 0 saturated heterocycles. The van der Waals surface area contributed by atoms with Gasteiger partial charge in [-0.2, -0.15) is 5.26 Å². The number of ether oxygens (including phenoxy) is 1. The molecule has 2 N–H and O–H groups in total. The van der Waals surface area contributed by atoms with Crippen LogP contribution in [0.4, 0.5) is 9.59 Å². The van der Waals surface area contributed by atoms with Crippen LogP contribution < -0.4 is 0 Å². The van der Waals surface area contributed by atoms with Crippen molar-refractivity contribution >= 4 is 23.2 Å². The lowest BCUT2D eigenvalue weighted by molar-refractivity contribution is 0.137. The van der Waals surface area contributed by atoms with Crippen LogP contribution in [0.1, 0.15) is 0 Å². The van der Waals surface area contributed by atoms with Crippen LogP contribution in [0.15, 0.2) is 12.2 Å². The lowest BCUT2D eigenvalue weighted by Gasteiger charge is -1.89. The first kappa shape index (κ1) is 13.8. The zero-order valence-electron chi connectivity index (χ0n) is 6.31. The summed E-state index contributed by atoms with van der Waals surface area (Å²) in [5, 5.41) is 21.9. The standard InChI is InChI=1S/C5H4ClNO2.CH2O3/c6-5(8)9-4-2-1-3-7;2-1(3)4/h1-2H,4H2;(H2,2,3,4)/b2-1+;. The average Bonchev–Trinajstić information content (AvgIpc) is 1.97. The fraction of sp³-hybridized carbons (Fsp3) is 0.167. The lowest BCUT2D eigenvalue weighted by Crippen LogP contribution is -1.91. The third-order valence-electron chi connectivity index (χ3n) is 0.485. The number of hydrogen-bond donors (Lipinski definition) is 2. The molecule has 0 atom stereocenters. The second-order valence-electron chi connectivity index (χ2n) is 1.36. The fourth-order valence-electron chi connectivity index (χ4n) is 0.214. The first-order chi connectivity index (χ1) is 6.00. The molecule has 0 radical (unpaired) electrons. The van der Waals surface area contributed by atoms with Gasteiger partial charge in [-0.05, 0) is 6.08 Å². The van der Waals surface area contributed by atoms with Gasteiger partial charge in [-0.1, -0.05) is 0 Å². The molecule has 0 aromatic carbocycles. The van der Waals surface area contributed by atoms with Crippen molar-refractivity contribution in [1.82, 2.24) is 0 Å². The summed E-state index contributed by atoms with van der Waals surface area (Å²) in [6.45, 7) is 0.0515. The van der Waals surface area contributed by atoms with E-state index in [1.165, 1.54) is 12.2 Å². The molecule has 0 heterocycles. The van der Waals surface area contributed by atoms with Crippen molar-refractivity contribution < 1.29 is 24.5 Å². The predicted molar refractivity (Wildman–Crippen MR) is 42.6 cm³/mol. The lowest BCUT2D eigenvalue weighted by atomic mass is 10.5. The number of halogens is 1. The van der Waals surface area contributed by atoms with E-state index in [0.717, 1.165) is 0 Å². The summed E-state index contributed by atoms with van der Waals surface area (Å²) in [4.78, 5) is 18.4. The van der Waals surface area contributed by atoms with Gasteiger partial charge in [0.1, 0.15) is 6.61 Å². The molecule has 7 heteroatoms. The third kappa shape index (κ3) is 38.6. The summed E-state index contributed by atoms with van der Waals surface area (Å²) in [7, 11) is 0. The van der Waals surface area contributed by atoms with Gasteiger partial charge in [0.2, 0.25) is 0 Å². The molecule has 0 aliphatic rings. The van der Waals surface area contributed by atoms with E-state index in [1.54, 1.807) is 6.07 Å². The molecule has 13 heavy (non-hydrogen) atoms.